The fourth-order valence-electron chi connectivity index (χ4n) is 3.52. The van der Waals surface area contributed by atoms with Crippen molar-refractivity contribution >= 4 is 0 Å². The summed E-state index contributed by atoms with van der Waals surface area (Å²) in [5.41, 5.74) is 3.31. The standard InChI is InChI=1S/C17H27N/c1-14-8-7-10-15(12-14)17(2)11-6-5-9-16(17)13-18(3)4/h7-8,10,12,16H,5-6,9,11,13H2,1-4H3/t16-,17-/m1/s1. The van der Waals surface area contributed by atoms with E-state index in [0.29, 0.717) is 5.41 Å². The first kappa shape index (κ1) is 13.6. The van der Waals surface area contributed by atoms with Gasteiger partial charge in [0, 0.05) is 6.54 Å². The first-order valence-corrected chi connectivity index (χ1v) is 7.24. The molecule has 1 nitrogen and oxygen atoms in total. The number of aryl methyl sites for hydroxylation is 1. The molecule has 0 aromatic heterocycles. The number of rotatable bonds is 3. The van der Waals surface area contributed by atoms with Crippen LogP contribution in [0, 0.1) is 12.8 Å². The fourth-order valence-corrected chi connectivity index (χ4v) is 3.52. The monoisotopic (exact) mass is 245 g/mol. The van der Waals surface area contributed by atoms with Crippen LogP contribution in [0.15, 0.2) is 24.3 Å². The van der Waals surface area contributed by atoms with E-state index < -0.39 is 0 Å². The van der Waals surface area contributed by atoms with Gasteiger partial charge >= 0.3 is 0 Å². The van der Waals surface area contributed by atoms with Gasteiger partial charge in [0.05, 0.1) is 0 Å². The molecule has 0 aliphatic heterocycles. The van der Waals surface area contributed by atoms with Crippen LogP contribution in [0.5, 0.6) is 0 Å². The normalized spacial score (nSPS) is 28.6. The van der Waals surface area contributed by atoms with Gasteiger partial charge in [-0.3, -0.25) is 0 Å². The van der Waals surface area contributed by atoms with Crippen LogP contribution in [0.25, 0.3) is 0 Å². The first-order chi connectivity index (χ1) is 8.52. The zero-order chi connectivity index (χ0) is 13.2. The van der Waals surface area contributed by atoms with Gasteiger partial charge in [-0.15, -0.1) is 0 Å². The lowest BCUT2D eigenvalue weighted by atomic mass is 9.63. The topological polar surface area (TPSA) is 3.24 Å². The van der Waals surface area contributed by atoms with Crippen LogP contribution < -0.4 is 0 Å². The summed E-state index contributed by atoms with van der Waals surface area (Å²) in [5, 5.41) is 0. The van der Waals surface area contributed by atoms with E-state index in [9.17, 15) is 0 Å². The molecule has 0 bridgehead atoms. The zero-order valence-corrected chi connectivity index (χ0v) is 12.4. The highest BCUT2D eigenvalue weighted by molar-refractivity contribution is 5.30. The Kier molecular flexibility index (Phi) is 4.11. The van der Waals surface area contributed by atoms with Crippen LogP contribution >= 0.6 is 0 Å². The minimum absolute atomic E-state index is 0.370. The van der Waals surface area contributed by atoms with E-state index in [2.05, 4.69) is 57.1 Å². The van der Waals surface area contributed by atoms with Gasteiger partial charge in [-0.2, -0.15) is 0 Å². The fraction of sp³-hybridized carbons (Fsp3) is 0.647. The Labute approximate surface area is 112 Å². The van der Waals surface area contributed by atoms with Crippen molar-refractivity contribution < 1.29 is 0 Å². The van der Waals surface area contributed by atoms with Crippen molar-refractivity contribution in [1.82, 2.24) is 4.90 Å². The highest BCUT2D eigenvalue weighted by Gasteiger charge is 2.37. The van der Waals surface area contributed by atoms with Crippen LogP contribution in [0.3, 0.4) is 0 Å². The van der Waals surface area contributed by atoms with Crippen LogP contribution in [0.2, 0.25) is 0 Å². The number of hydrogen-bond donors (Lipinski definition) is 0. The Morgan fingerprint density at radius 2 is 2.06 bits per heavy atom. The zero-order valence-electron chi connectivity index (χ0n) is 12.4. The quantitative estimate of drug-likeness (QED) is 0.778. The van der Waals surface area contributed by atoms with Crippen LogP contribution in [0.4, 0.5) is 0 Å². The SMILES string of the molecule is Cc1cccc([C@@]2(C)CCCC[C@@H]2CN(C)C)c1. The van der Waals surface area contributed by atoms with Gasteiger partial charge in [0.2, 0.25) is 0 Å². The van der Waals surface area contributed by atoms with Gasteiger partial charge in [0.15, 0.2) is 0 Å². The summed E-state index contributed by atoms with van der Waals surface area (Å²) in [6, 6.07) is 9.16. The molecular formula is C17H27N. The molecular weight excluding hydrogens is 218 g/mol. The van der Waals surface area contributed by atoms with Crippen molar-refractivity contribution in [1.29, 1.82) is 0 Å². The van der Waals surface area contributed by atoms with Crippen molar-refractivity contribution in [2.24, 2.45) is 5.92 Å². The molecule has 1 fully saturated rings. The van der Waals surface area contributed by atoms with Crippen molar-refractivity contribution in [3.05, 3.63) is 35.4 Å². The molecule has 0 amide bonds. The molecule has 1 aliphatic carbocycles. The number of hydrogen-bond acceptors (Lipinski definition) is 1. The second-order valence-electron chi connectivity index (χ2n) is 6.49. The average molecular weight is 245 g/mol. The third kappa shape index (κ3) is 2.77. The van der Waals surface area contributed by atoms with E-state index in [1.807, 2.05) is 0 Å². The molecule has 0 unspecified atom stereocenters. The maximum atomic E-state index is 2.48. The lowest BCUT2D eigenvalue weighted by Crippen LogP contribution is -2.40. The largest absolute Gasteiger partial charge is 0.309 e. The molecule has 18 heavy (non-hydrogen) atoms. The Morgan fingerprint density at radius 3 is 2.72 bits per heavy atom. The lowest BCUT2D eigenvalue weighted by Gasteiger charge is -2.43. The first-order valence-electron chi connectivity index (χ1n) is 7.24. The van der Waals surface area contributed by atoms with Crippen molar-refractivity contribution in [3.8, 4) is 0 Å². The molecule has 2 rings (SSSR count). The Hall–Kier alpha value is -0.820. The molecule has 1 aliphatic rings. The van der Waals surface area contributed by atoms with Crippen molar-refractivity contribution in [2.45, 2.75) is 44.9 Å². The third-order valence-electron chi connectivity index (χ3n) is 4.66. The predicted molar refractivity (Wildman–Crippen MR) is 79.0 cm³/mol. The van der Waals surface area contributed by atoms with Crippen molar-refractivity contribution in [3.63, 3.8) is 0 Å². The lowest BCUT2D eigenvalue weighted by molar-refractivity contribution is 0.160. The number of nitrogens with zero attached hydrogens (tertiary/aromatic N) is 1. The van der Waals surface area contributed by atoms with E-state index in [0.717, 1.165) is 5.92 Å². The Morgan fingerprint density at radius 1 is 1.28 bits per heavy atom. The number of benzene rings is 1. The van der Waals surface area contributed by atoms with Crippen LogP contribution in [-0.2, 0) is 5.41 Å². The molecule has 1 aromatic rings. The molecule has 1 aromatic carbocycles. The summed E-state index contributed by atoms with van der Waals surface area (Å²) in [5.74, 6) is 0.794. The minimum atomic E-state index is 0.370. The van der Waals surface area contributed by atoms with E-state index in [4.69, 9.17) is 0 Å². The van der Waals surface area contributed by atoms with E-state index in [1.54, 1.807) is 5.56 Å². The predicted octanol–water partition coefficient (Wildman–Crippen LogP) is 4.00. The van der Waals surface area contributed by atoms with Gasteiger partial charge in [-0.25, -0.2) is 0 Å². The minimum Gasteiger partial charge on any atom is -0.309 e. The molecule has 0 heterocycles. The molecule has 1 saturated carbocycles. The Bertz CT molecular complexity index is 396. The second-order valence-corrected chi connectivity index (χ2v) is 6.49. The van der Waals surface area contributed by atoms with Crippen LogP contribution in [0.1, 0.15) is 43.7 Å². The summed E-state index contributed by atoms with van der Waals surface area (Å²) < 4.78 is 0. The van der Waals surface area contributed by atoms with Crippen molar-refractivity contribution in [2.75, 3.05) is 20.6 Å². The molecule has 1 heteroatoms. The highest BCUT2D eigenvalue weighted by Crippen LogP contribution is 2.43. The van der Waals surface area contributed by atoms with Gasteiger partial charge in [-0.05, 0) is 50.8 Å². The second kappa shape index (κ2) is 5.44. The molecule has 0 spiro atoms. The average Bonchev–Trinajstić information content (AvgIpc) is 2.32. The summed E-state index contributed by atoms with van der Waals surface area (Å²) in [6.07, 6.45) is 5.51. The summed E-state index contributed by atoms with van der Waals surface area (Å²) >= 11 is 0. The van der Waals surface area contributed by atoms with E-state index in [1.165, 1.54) is 37.8 Å². The summed E-state index contributed by atoms with van der Waals surface area (Å²) in [7, 11) is 4.40. The highest BCUT2D eigenvalue weighted by atomic mass is 15.1. The summed E-state index contributed by atoms with van der Waals surface area (Å²) in [6.45, 7) is 5.90. The summed E-state index contributed by atoms with van der Waals surface area (Å²) in [4.78, 5) is 2.35. The van der Waals surface area contributed by atoms with Gasteiger partial charge in [-0.1, -0.05) is 49.6 Å². The van der Waals surface area contributed by atoms with Gasteiger partial charge in [0.25, 0.3) is 0 Å². The van der Waals surface area contributed by atoms with Gasteiger partial charge in [0.1, 0.15) is 0 Å². The third-order valence-corrected chi connectivity index (χ3v) is 4.66. The maximum absolute atomic E-state index is 2.48. The molecule has 0 radical (unpaired) electrons. The molecule has 2 atom stereocenters. The van der Waals surface area contributed by atoms with Crippen LogP contribution in [-0.4, -0.2) is 25.5 Å². The van der Waals surface area contributed by atoms with E-state index >= 15 is 0 Å². The smallest absolute Gasteiger partial charge is 0.00120 e. The molecule has 100 valence electrons. The van der Waals surface area contributed by atoms with Gasteiger partial charge < -0.3 is 4.90 Å². The maximum Gasteiger partial charge on any atom is 0.00120 e. The van der Waals surface area contributed by atoms with E-state index in [-0.39, 0.29) is 0 Å². The Balaban J connectivity index is 2.29. The molecule has 0 N–H and O–H groups in total. The molecule has 0 saturated heterocycles.